The molecule has 0 aromatic rings. The molecule has 0 spiro atoms. The molecule has 1 nitrogen and oxygen atoms in total. The van der Waals surface area contributed by atoms with E-state index in [-0.39, 0.29) is 22.5 Å². The highest BCUT2D eigenvalue weighted by atomic mass is 79.9. The number of nitrogens with two attached hydrogens (primary N) is 1. The van der Waals surface area contributed by atoms with Gasteiger partial charge in [-0.15, -0.1) is 17.0 Å². The van der Waals surface area contributed by atoms with Crippen LogP contribution in [-0.4, -0.2) is 10.9 Å². The standard InChI is InChI=1S/C6H14BrN.BrH/c1-6(2,8)4-3-5-7;/h3-5,8H2,1-2H3;1H. The van der Waals surface area contributed by atoms with Gasteiger partial charge in [-0.2, -0.15) is 0 Å². The van der Waals surface area contributed by atoms with Crippen molar-refractivity contribution in [3.05, 3.63) is 0 Å². The van der Waals surface area contributed by atoms with Gasteiger partial charge in [0, 0.05) is 10.9 Å². The van der Waals surface area contributed by atoms with Crippen LogP contribution in [0.2, 0.25) is 0 Å². The van der Waals surface area contributed by atoms with Crippen LogP contribution in [0.5, 0.6) is 0 Å². The Hall–Kier alpha value is 0.920. The van der Waals surface area contributed by atoms with E-state index in [4.69, 9.17) is 5.73 Å². The van der Waals surface area contributed by atoms with Crippen LogP contribution >= 0.6 is 32.9 Å². The van der Waals surface area contributed by atoms with Crippen LogP contribution < -0.4 is 5.73 Å². The number of halogens is 2. The van der Waals surface area contributed by atoms with Crippen molar-refractivity contribution in [2.45, 2.75) is 32.2 Å². The van der Waals surface area contributed by atoms with Crippen LogP contribution in [0.3, 0.4) is 0 Å². The molecular weight excluding hydrogens is 246 g/mol. The molecule has 0 rings (SSSR count). The summed E-state index contributed by atoms with van der Waals surface area (Å²) < 4.78 is 0. The Bertz CT molecular complexity index is 58.6. The lowest BCUT2D eigenvalue weighted by Gasteiger charge is -2.16. The maximum absolute atomic E-state index is 5.70. The Kier molecular flexibility index (Phi) is 7.95. The normalized spacial score (nSPS) is 10.7. The molecule has 0 amide bonds. The predicted molar refractivity (Wildman–Crippen MR) is 51.6 cm³/mol. The topological polar surface area (TPSA) is 26.0 Å². The number of hydrogen-bond acceptors (Lipinski definition) is 1. The van der Waals surface area contributed by atoms with E-state index in [0.717, 1.165) is 11.8 Å². The summed E-state index contributed by atoms with van der Waals surface area (Å²) in [5.74, 6) is 0. The second-order valence-corrected chi connectivity index (χ2v) is 3.57. The average molecular weight is 261 g/mol. The zero-order chi connectivity index (χ0) is 6.62. The molecule has 0 atom stereocenters. The van der Waals surface area contributed by atoms with Crippen LogP contribution in [-0.2, 0) is 0 Å². The molecule has 0 heterocycles. The highest BCUT2D eigenvalue weighted by Gasteiger charge is 2.07. The fourth-order valence-electron chi connectivity index (χ4n) is 0.522. The number of hydrogen-bond donors (Lipinski definition) is 1. The maximum Gasteiger partial charge on any atom is 0.00973 e. The van der Waals surface area contributed by atoms with Crippen molar-refractivity contribution in [2.24, 2.45) is 5.73 Å². The molecule has 9 heavy (non-hydrogen) atoms. The number of alkyl halides is 1. The van der Waals surface area contributed by atoms with Crippen molar-refractivity contribution in [3.8, 4) is 0 Å². The van der Waals surface area contributed by atoms with Gasteiger partial charge in [-0.05, 0) is 26.7 Å². The minimum atomic E-state index is 0. The summed E-state index contributed by atoms with van der Waals surface area (Å²) in [5.41, 5.74) is 5.72. The Morgan fingerprint density at radius 2 is 1.89 bits per heavy atom. The van der Waals surface area contributed by atoms with E-state index in [9.17, 15) is 0 Å². The Morgan fingerprint density at radius 1 is 1.44 bits per heavy atom. The first-order valence-electron chi connectivity index (χ1n) is 2.91. The predicted octanol–water partition coefficient (Wildman–Crippen LogP) is 2.48. The van der Waals surface area contributed by atoms with Crippen molar-refractivity contribution in [1.29, 1.82) is 0 Å². The van der Waals surface area contributed by atoms with Crippen molar-refractivity contribution >= 4 is 32.9 Å². The molecule has 0 aromatic carbocycles. The van der Waals surface area contributed by atoms with Gasteiger partial charge < -0.3 is 5.73 Å². The molecule has 58 valence electrons. The Morgan fingerprint density at radius 3 is 2.00 bits per heavy atom. The summed E-state index contributed by atoms with van der Waals surface area (Å²) in [7, 11) is 0. The zero-order valence-electron chi connectivity index (χ0n) is 5.98. The Balaban J connectivity index is 0. The van der Waals surface area contributed by atoms with E-state index in [1.165, 1.54) is 6.42 Å². The molecular formula is C6H15Br2N. The third-order valence-corrected chi connectivity index (χ3v) is 1.52. The van der Waals surface area contributed by atoms with E-state index in [2.05, 4.69) is 29.8 Å². The van der Waals surface area contributed by atoms with Crippen LogP contribution in [0.15, 0.2) is 0 Å². The van der Waals surface area contributed by atoms with E-state index in [1.54, 1.807) is 0 Å². The SMILES string of the molecule is Br.CC(C)(N)CCCBr. The van der Waals surface area contributed by atoms with Crippen LogP contribution in [0.4, 0.5) is 0 Å². The highest BCUT2D eigenvalue weighted by molar-refractivity contribution is 9.09. The first kappa shape index (κ1) is 12.6. The van der Waals surface area contributed by atoms with Gasteiger partial charge in [0.1, 0.15) is 0 Å². The maximum atomic E-state index is 5.70. The van der Waals surface area contributed by atoms with Crippen molar-refractivity contribution < 1.29 is 0 Å². The lowest BCUT2D eigenvalue weighted by molar-refractivity contribution is 0.473. The highest BCUT2D eigenvalue weighted by Crippen LogP contribution is 2.07. The fraction of sp³-hybridized carbons (Fsp3) is 1.00. The van der Waals surface area contributed by atoms with Gasteiger partial charge in [0.05, 0.1) is 0 Å². The molecule has 0 aliphatic heterocycles. The van der Waals surface area contributed by atoms with Crippen molar-refractivity contribution in [3.63, 3.8) is 0 Å². The fourth-order valence-corrected chi connectivity index (χ4v) is 0.803. The minimum absolute atomic E-state index is 0. The van der Waals surface area contributed by atoms with Gasteiger partial charge in [0.15, 0.2) is 0 Å². The van der Waals surface area contributed by atoms with Gasteiger partial charge in [-0.3, -0.25) is 0 Å². The van der Waals surface area contributed by atoms with Crippen molar-refractivity contribution in [2.75, 3.05) is 5.33 Å². The summed E-state index contributed by atoms with van der Waals surface area (Å²) in [6.07, 6.45) is 2.27. The molecule has 0 aliphatic carbocycles. The quantitative estimate of drug-likeness (QED) is 0.776. The summed E-state index contributed by atoms with van der Waals surface area (Å²) in [4.78, 5) is 0. The molecule has 0 radical (unpaired) electrons. The number of rotatable bonds is 3. The minimum Gasteiger partial charge on any atom is -0.326 e. The summed E-state index contributed by atoms with van der Waals surface area (Å²) in [5, 5.41) is 1.06. The molecule has 0 saturated carbocycles. The van der Waals surface area contributed by atoms with Gasteiger partial charge in [-0.25, -0.2) is 0 Å². The molecule has 2 N–H and O–H groups in total. The first-order chi connectivity index (χ1) is 3.56. The molecule has 3 heteroatoms. The van der Waals surface area contributed by atoms with Crippen LogP contribution in [0.1, 0.15) is 26.7 Å². The van der Waals surface area contributed by atoms with E-state index < -0.39 is 0 Å². The van der Waals surface area contributed by atoms with Crippen LogP contribution in [0.25, 0.3) is 0 Å². The summed E-state index contributed by atoms with van der Waals surface area (Å²) >= 11 is 3.35. The van der Waals surface area contributed by atoms with E-state index in [1.807, 2.05) is 0 Å². The largest absolute Gasteiger partial charge is 0.326 e. The second kappa shape index (κ2) is 5.69. The molecule has 0 saturated heterocycles. The summed E-state index contributed by atoms with van der Waals surface area (Å²) in [6, 6.07) is 0. The first-order valence-corrected chi connectivity index (χ1v) is 4.03. The molecule has 0 aromatic heterocycles. The van der Waals surface area contributed by atoms with Gasteiger partial charge in [0.25, 0.3) is 0 Å². The smallest absolute Gasteiger partial charge is 0.00973 e. The third-order valence-electron chi connectivity index (χ3n) is 0.955. The van der Waals surface area contributed by atoms with Gasteiger partial charge in [-0.1, -0.05) is 15.9 Å². The average Bonchev–Trinajstić information content (AvgIpc) is 1.59. The zero-order valence-corrected chi connectivity index (χ0v) is 9.28. The van der Waals surface area contributed by atoms with Gasteiger partial charge >= 0.3 is 0 Å². The van der Waals surface area contributed by atoms with Crippen molar-refractivity contribution in [1.82, 2.24) is 0 Å². The third kappa shape index (κ3) is 12.2. The van der Waals surface area contributed by atoms with Crippen LogP contribution in [0, 0.1) is 0 Å². The monoisotopic (exact) mass is 259 g/mol. The molecule has 0 aliphatic rings. The Labute approximate surface area is 76.3 Å². The molecule has 0 bridgehead atoms. The lowest BCUT2D eigenvalue weighted by Crippen LogP contribution is -2.31. The summed E-state index contributed by atoms with van der Waals surface area (Å²) in [6.45, 7) is 4.10. The molecule has 0 unspecified atom stereocenters. The molecule has 0 fully saturated rings. The lowest BCUT2D eigenvalue weighted by atomic mass is 10.0. The van der Waals surface area contributed by atoms with E-state index >= 15 is 0 Å². The van der Waals surface area contributed by atoms with Gasteiger partial charge in [0.2, 0.25) is 0 Å². The van der Waals surface area contributed by atoms with E-state index in [0.29, 0.717) is 0 Å². The second-order valence-electron chi connectivity index (χ2n) is 2.78.